The summed E-state index contributed by atoms with van der Waals surface area (Å²) in [7, 11) is 1.29. The second-order valence-corrected chi connectivity index (χ2v) is 5.22. The molecule has 11 heteroatoms. The van der Waals surface area contributed by atoms with Crippen molar-refractivity contribution in [1.82, 2.24) is 5.32 Å². The first-order valence-electron chi connectivity index (χ1n) is 7.53. The van der Waals surface area contributed by atoms with Gasteiger partial charge in [-0.05, 0) is 13.8 Å². The summed E-state index contributed by atoms with van der Waals surface area (Å²) in [5, 5.41) is 13.6. The van der Waals surface area contributed by atoms with E-state index in [1.807, 2.05) is 0 Å². The number of alkyl halides is 3. The maximum absolute atomic E-state index is 12.3. The van der Waals surface area contributed by atoms with E-state index in [1.54, 1.807) is 6.92 Å². The first-order valence-corrected chi connectivity index (χ1v) is 7.53. The Labute approximate surface area is 147 Å². The highest BCUT2D eigenvalue weighted by Crippen LogP contribution is 2.34. The average molecular weight is 380 g/mol. The highest BCUT2D eigenvalue weighted by Gasteiger charge is 2.28. The maximum Gasteiger partial charge on any atom is 0.411 e. The third kappa shape index (κ3) is 6.39. The van der Waals surface area contributed by atoms with Crippen LogP contribution in [0.25, 0.3) is 0 Å². The van der Waals surface area contributed by atoms with Crippen molar-refractivity contribution in [2.24, 2.45) is 0 Å². The third-order valence-electron chi connectivity index (χ3n) is 3.03. The van der Waals surface area contributed by atoms with Gasteiger partial charge in [0, 0.05) is 12.1 Å². The second-order valence-electron chi connectivity index (χ2n) is 5.22. The number of carbonyl (C=O) groups excluding carboxylic acids is 1. The number of nitro groups is 1. The normalized spacial score (nSPS) is 12.4. The van der Waals surface area contributed by atoms with Crippen molar-refractivity contribution in [2.45, 2.75) is 26.1 Å². The lowest BCUT2D eigenvalue weighted by atomic mass is 10.1. The molecule has 0 radical (unpaired) electrons. The van der Waals surface area contributed by atoms with Crippen LogP contribution in [0.1, 0.15) is 24.2 Å². The number of carbonyl (C=O) groups is 1. The van der Waals surface area contributed by atoms with Gasteiger partial charge in [0.25, 0.3) is 11.6 Å². The van der Waals surface area contributed by atoms with E-state index in [0.717, 1.165) is 12.1 Å². The van der Waals surface area contributed by atoms with Crippen LogP contribution < -0.4 is 14.8 Å². The minimum atomic E-state index is -4.48. The van der Waals surface area contributed by atoms with Crippen molar-refractivity contribution in [3.05, 3.63) is 27.8 Å². The van der Waals surface area contributed by atoms with Gasteiger partial charge in [0.05, 0.1) is 31.3 Å². The fourth-order valence-corrected chi connectivity index (χ4v) is 2.00. The topological polar surface area (TPSA) is 99.9 Å². The summed E-state index contributed by atoms with van der Waals surface area (Å²) in [6, 6.07) is 1.39. The Hall–Kier alpha value is -2.56. The largest absolute Gasteiger partial charge is 0.493 e. The summed E-state index contributed by atoms with van der Waals surface area (Å²) in [6.45, 7) is 1.46. The number of methoxy groups -OCH3 is 1. The van der Waals surface area contributed by atoms with Crippen molar-refractivity contribution in [3.63, 3.8) is 0 Å². The summed E-state index contributed by atoms with van der Waals surface area (Å²) in [5.74, 6) is -0.633. The molecule has 0 heterocycles. The van der Waals surface area contributed by atoms with E-state index in [1.165, 1.54) is 14.0 Å². The number of nitrogens with zero attached hydrogens (tertiary/aromatic N) is 1. The van der Waals surface area contributed by atoms with Crippen LogP contribution in [0, 0.1) is 10.1 Å². The Morgan fingerprint density at radius 1 is 1.35 bits per heavy atom. The molecule has 146 valence electrons. The Morgan fingerprint density at radius 2 is 2.00 bits per heavy atom. The first kappa shape index (κ1) is 21.5. The molecule has 0 bridgehead atoms. The standard InChI is InChI=1S/C15H19F3N2O6/c1-4-26-13-5-10(11(20(22)23)6-12(13)24-3)14(21)19-9(2)7-25-8-15(16,17)18/h5-6,9H,4,7-8H2,1-3H3,(H,19,21). The van der Waals surface area contributed by atoms with Gasteiger partial charge in [-0.15, -0.1) is 0 Å². The molecule has 0 aromatic heterocycles. The quantitative estimate of drug-likeness (QED) is 0.522. The first-order chi connectivity index (χ1) is 12.1. The fraction of sp³-hybridized carbons (Fsp3) is 0.533. The lowest BCUT2D eigenvalue weighted by Crippen LogP contribution is -2.37. The van der Waals surface area contributed by atoms with Crippen LogP contribution in [0.3, 0.4) is 0 Å². The highest BCUT2D eigenvalue weighted by atomic mass is 19.4. The third-order valence-corrected chi connectivity index (χ3v) is 3.03. The van der Waals surface area contributed by atoms with E-state index in [4.69, 9.17) is 9.47 Å². The van der Waals surface area contributed by atoms with Crippen LogP contribution in [0.4, 0.5) is 18.9 Å². The molecule has 26 heavy (non-hydrogen) atoms. The lowest BCUT2D eigenvalue weighted by molar-refractivity contribution is -0.385. The van der Waals surface area contributed by atoms with E-state index in [-0.39, 0.29) is 23.7 Å². The molecule has 0 spiro atoms. The Morgan fingerprint density at radius 3 is 2.50 bits per heavy atom. The van der Waals surface area contributed by atoms with Gasteiger partial charge in [-0.2, -0.15) is 13.2 Å². The number of hydrogen-bond donors (Lipinski definition) is 1. The van der Waals surface area contributed by atoms with E-state index in [9.17, 15) is 28.1 Å². The van der Waals surface area contributed by atoms with Gasteiger partial charge >= 0.3 is 6.18 Å². The van der Waals surface area contributed by atoms with Crippen molar-refractivity contribution in [1.29, 1.82) is 0 Å². The summed E-state index contributed by atoms with van der Waals surface area (Å²) < 4.78 is 50.9. The molecule has 1 aromatic carbocycles. The molecule has 1 rings (SSSR count). The number of halogens is 3. The summed E-state index contributed by atoms with van der Waals surface area (Å²) in [5.41, 5.74) is -0.826. The number of benzene rings is 1. The van der Waals surface area contributed by atoms with E-state index >= 15 is 0 Å². The molecule has 1 amide bonds. The van der Waals surface area contributed by atoms with Crippen LogP contribution >= 0.6 is 0 Å². The molecule has 0 aliphatic heterocycles. The van der Waals surface area contributed by atoms with Gasteiger partial charge in [0.15, 0.2) is 11.5 Å². The van der Waals surface area contributed by atoms with E-state index < -0.39 is 41.9 Å². The predicted molar refractivity (Wildman–Crippen MR) is 84.6 cm³/mol. The number of rotatable bonds is 9. The monoisotopic (exact) mass is 380 g/mol. The van der Waals surface area contributed by atoms with Crippen molar-refractivity contribution in [3.8, 4) is 11.5 Å². The van der Waals surface area contributed by atoms with E-state index in [0.29, 0.717) is 0 Å². The summed E-state index contributed by atoms with van der Waals surface area (Å²) in [4.78, 5) is 22.8. The zero-order chi connectivity index (χ0) is 19.9. The molecule has 0 saturated carbocycles. The van der Waals surface area contributed by atoms with Gasteiger partial charge in [0.2, 0.25) is 0 Å². The molecule has 1 N–H and O–H groups in total. The van der Waals surface area contributed by atoms with Gasteiger partial charge in [-0.3, -0.25) is 14.9 Å². The maximum atomic E-state index is 12.3. The molecule has 1 atom stereocenters. The molecule has 0 aliphatic carbocycles. The zero-order valence-electron chi connectivity index (χ0n) is 14.4. The van der Waals surface area contributed by atoms with Gasteiger partial charge < -0.3 is 19.5 Å². The number of ether oxygens (including phenoxy) is 3. The van der Waals surface area contributed by atoms with Crippen LogP contribution in [-0.2, 0) is 4.74 Å². The van der Waals surface area contributed by atoms with Crippen LogP contribution in [-0.4, -0.2) is 50.0 Å². The predicted octanol–water partition coefficient (Wildman–Crippen LogP) is 2.70. The second kappa shape index (κ2) is 9.22. The molecule has 0 fully saturated rings. The van der Waals surface area contributed by atoms with Gasteiger partial charge in [0.1, 0.15) is 12.2 Å². The van der Waals surface area contributed by atoms with Crippen molar-refractivity contribution < 1.29 is 37.1 Å². The molecular formula is C15H19F3N2O6. The Kier molecular flexibility index (Phi) is 7.62. The minimum Gasteiger partial charge on any atom is -0.493 e. The molecular weight excluding hydrogens is 361 g/mol. The Bertz CT molecular complexity index is 651. The van der Waals surface area contributed by atoms with Crippen molar-refractivity contribution in [2.75, 3.05) is 26.9 Å². The van der Waals surface area contributed by atoms with Crippen LogP contribution in [0.15, 0.2) is 12.1 Å². The number of hydrogen-bond acceptors (Lipinski definition) is 6. The van der Waals surface area contributed by atoms with Crippen molar-refractivity contribution >= 4 is 11.6 Å². The summed E-state index contributed by atoms with van der Waals surface area (Å²) in [6.07, 6.45) is -4.48. The molecule has 0 saturated heterocycles. The molecule has 0 aliphatic rings. The van der Waals surface area contributed by atoms with E-state index in [2.05, 4.69) is 10.1 Å². The van der Waals surface area contributed by atoms with Crippen LogP contribution in [0.2, 0.25) is 0 Å². The zero-order valence-corrected chi connectivity index (χ0v) is 14.4. The average Bonchev–Trinajstić information content (AvgIpc) is 2.53. The van der Waals surface area contributed by atoms with Crippen LogP contribution in [0.5, 0.6) is 11.5 Å². The number of amides is 1. The number of nitrogens with one attached hydrogen (secondary N) is 1. The molecule has 1 unspecified atom stereocenters. The lowest BCUT2D eigenvalue weighted by Gasteiger charge is -2.16. The fourth-order valence-electron chi connectivity index (χ4n) is 2.00. The number of nitro benzene ring substituents is 1. The van der Waals surface area contributed by atoms with Gasteiger partial charge in [-0.25, -0.2) is 0 Å². The molecule has 1 aromatic rings. The SMILES string of the molecule is CCOc1cc(C(=O)NC(C)COCC(F)(F)F)c([N+](=O)[O-])cc1OC. The summed E-state index contributed by atoms with van der Waals surface area (Å²) >= 11 is 0. The Balaban J connectivity index is 2.95. The smallest absolute Gasteiger partial charge is 0.411 e. The molecule has 8 nitrogen and oxygen atoms in total. The highest BCUT2D eigenvalue weighted by molar-refractivity contribution is 5.99. The van der Waals surface area contributed by atoms with Gasteiger partial charge in [-0.1, -0.05) is 0 Å². The minimum absolute atomic E-state index is 0.0802.